The van der Waals surface area contributed by atoms with Gasteiger partial charge in [0.1, 0.15) is 5.69 Å². The van der Waals surface area contributed by atoms with Gasteiger partial charge in [-0.2, -0.15) is 13.2 Å². The molecule has 0 amide bonds. The molecule has 1 aromatic rings. The number of fused-ring (bicyclic) bond motifs is 1. The topological polar surface area (TPSA) is 41.8 Å². The second kappa shape index (κ2) is 4.13. The highest BCUT2D eigenvalue weighted by Crippen LogP contribution is 2.34. The molecule has 1 aliphatic carbocycles. The van der Waals surface area contributed by atoms with Crippen molar-refractivity contribution in [3.8, 4) is 0 Å². The van der Waals surface area contributed by atoms with Gasteiger partial charge in [-0.25, -0.2) is 0 Å². The van der Waals surface area contributed by atoms with Crippen molar-refractivity contribution in [3.63, 3.8) is 0 Å². The fourth-order valence-electron chi connectivity index (χ4n) is 2.33. The lowest BCUT2D eigenvalue weighted by Gasteiger charge is -2.21. The van der Waals surface area contributed by atoms with Crippen LogP contribution in [0.2, 0.25) is 0 Å². The average molecular weight is 232 g/mol. The summed E-state index contributed by atoms with van der Waals surface area (Å²) in [6.45, 7) is 0.604. The number of aromatic nitrogens is 1. The van der Waals surface area contributed by atoms with Crippen molar-refractivity contribution in [1.29, 1.82) is 0 Å². The molecule has 1 heterocycles. The zero-order chi connectivity index (χ0) is 11.8. The monoisotopic (exact) mass is 232 g/mol. The van der Waals surface area contributed by atoms with Crippen molar-refractivity contribution in [3.05, 3.63) is 23.0 Å². The molecule has 0 bridgehead atoms. The normalized spacial score (nSPS) is 20.9. The predicted molar refractivity (Wildman–Crippen MR) is 55.0 cm³/mol. The third-order valence-corrected chi connectivity index (χ3v) is 3.19. The zero-order valence-electron chi connectivity index (χ0n) is 8.90. The molecule has 1 atom stereocenters. The van der Waals surface area contributed by atoms with Gasteiger partial charge in [0.25, 0.3) is 0 Å². The van der Waals surface area contributed by atoms with Gasteiger partial charge in [0.2, 0.25) is 0 Å². The first-order valence-corrected chi connectivity index (χ1v) is 5.48. The smallest absolute Gasteiger partial charge is 0.355 e. The first kappa shape index (κ1) is 11.5. The highest BCUT2D eigenvalue weighted by molar-refractivity contribution is 5.30. The first-order chi connectivity index (χ1) is 7.50. The van der Waals surface area contributed by atoms with E-state index in [4.69, 9.17) is 5.73 Å². The molecule has 1 aliphatic rings. The molecule has 0 saturated carbocycles. The lowest BCUT2D eigenvalue weighted by molar-refractivity contribution is -0.140. The number of halogens is 3. The van der Waals surface area contributed by atoms with E-state index in [-0.39, 0.29) is 0 Å². The number of rotatable bonds is 2. The number of hydrogen-bond acceptors (Lipinski definition) is 1. The fourth-order valence-corrected chi connectivity index (χ4v) is 2.33. The van der Waals surface area contributed by atoms with Gasteiger partial charge in [-0.15, -0.1) is 0 Å². The zero-order valence-corrected chi connectivity index (χ0v) is 8.90. The highest BCUT2D eigenvalue weighted by atomic mass is 19.4. The molecule has 5 heteroatoms. The van der Waals surface area contributed by atoms with Crippen molar-refractivity contribution < 1.29 is 13.2 Å². The molecule has 0 spiro atoms. The van der Waals surface area contributed by atoms with E-state index in [1.165, 1.54) is 6.07 Å². The molecule has 1 aromatic heterocycles. The summed E-state index contributed by atoms with van der Waals surface area (Å²) in [5, 5.41) is 0. The molecular weight excluding hydrogens is 217 g/mol. The summed E-state index contributed by atoms with van der Waals surface area (Å²) in [6, 6.07) is 1.24. The van der Waals surface area contributed by atoms with Crippen LogP contribution in [0.1, 0.15) is 29.8 Å². The van der Waals surface area contributed by atoms with Crippen LogP contribution < -0.4 is 5.73 Å². The molecule has 2 rings (SSSR count). The second-order valence-electron chi connectivity index (χ2n) is 4.37. The van der Waals surface area contributed by atoms with Crippen LogP contribution in [0.3, 0.4) is 0 Å². The van der Waals surface area contributed by atoms with Crippen LogP contribution in [-0.2, 0) is 19.0 Å². The first-order valence-electron chi connectivity index (χ1n) is 5.48. The van der Waals surface area contributed by atoms with Gasteiger partial charge in [0.15, 0.2) is 0 Å². The molecule has 1 unspecified atom stereocenters. The summed E-state index contributed by atoms with van der Waals surface area (Å²) in [4.78, 5) is 2.50. The molecule has 16 heavy (non-hydrogen) atoms. The van der Waals surface area contributed by atoms with E-state index in [1.54, 1.807) is 0 Å². The van der Waals surface area contributed by atoms with Gasteiger partial charge in [0, 0.05) is 5.69 Å². The summed E-state index contributed by atoms with van der Waals surface area (Å²) in [5.41, 5.74) is 6.41. The summed E-state index contributed by atoms with van der Waals surface area (Å²) in [7, 11) is 0. The quantitative estimate of drug-likeness (QED) is 0.808. The molecule has 0 aromatic carbocycles. The number of H-pyrrole nitrogens is 1. The van der Waals surface area contributed by atoms with E-state index in [9.17, 15) is 13.2 Å². The molecule has 0 saturated heterocycles. The van der Waals surface area contributed by atoms with Crippen molar-refractivity contribution in [2.75, 3.05) is 6.54 Å². The van der Waals surface area contributed by atoms with Gasteiger partial charge < -0.3 is 10.7 Å². The minimum absolute atomic E-state index is 0.428. The molecule has 0 fully saturated rings. The Balaban J connectivity index is 2.17. The van der Waals surface area contributed by atoms with Crippen molar-refractivity contribution in [2.45, 2.75) is 31.9 Å². The Morgan fingerprint density at radius 2 is 2.19 bits per heavy atom. The maximum absolute atomic E-state index is 12.5. The summed E-state index contributed by atoms with van der Waals surface area (Å²) >= 11 is 0. The van der Waals surface area contributed by atoms with Crippen LogP contribution in [0.5, 0.6) is 0 Å². The van der Waals surface area contributed by atoms with Crippen LogP contribution in [0.25, 0.3) is 0 Å². The van der Waals surface area contributed by atoms with Crippen molar-refractivity contribution >= 4 is 0 Å². The second-order valence-corrected chi connectivity index (χ2v) is 4.37. The third kappa shape index (κ3) is 2.24. The highest BCUT2D eigenvalue weighted by Gasteiger charge is 2.34. The van der Waals surface area contributed by atoms with Crippen LogP contribution in [0, 0.1) is 5.92 Å². The Labute approximate surface area is 92.0 Å². The standard InChI is InChI=1S/C11H15F3N2/c12-11(13,14)10-6-8-2-1-7(3-4-15)5-9(8)16-10/h6-7,16H,1-5,15H2. The lowest BCUT2D eigenvalue weighted by atomic mass is 9.86. The molecule has 0 radical (unpaired) electrons. The van der Waals surface area contributed by atoms with Gasteiger partial charge in [0.05, 0.1) is 0 Å². The van der Waals surface area contributed by atoms with Crippen LogP contribution >= 0.6 is 0 Å². The number of aryl methyl sites for hydroxylation is 1. The van der Waals surface area contributed by atoms with Gasteiger partial charge in [-0.3, -0.25) is 0 Å². The number of nitrogens with one attached hydrogen (secondary N) is 1. The van der Waals surface area contributed by atoms with Gasteiger partial charge >= 0.3 is 6.18 Å². The molecule has 2 nitrogen and oxygen atoms in total. The summed E-state index contributed by atoms with van der Waals surface area (Å²) in [5.74, 6) is 0.428. The number of hydrogen-bond donors (Lipinski definition) is 2. The molecule has 0 aliphatic heterocycles. The van der Waals surface area contributed by atoms with Crippen molar-refractivity contribution in [1.82, 2.24) is 4.98 Å². The molecular formula is C11H15F3N2. The maximum atomic E-state index is 12.5. The average Bonchev–Trinajstić information content (AvgIpc) is 2.60. The predicted octanol–water partition coefficient (Wildman–Crippen LogP) is 2.49. The number of aromatic amines is 1. The Morgan fingerprint density at radius 1 is 1.44 bits per heavy atom. The van der Waals surface area contributed by atoms with E-state index >= 15 is 0 Å². The Hall–Kier alpha value is -0.970. The van der Waals surface area contributed by atoms with Crippen molar-refractivity contribution in [2.24, 2.45) is 11.7 Å². The van der Waals surface area contributed by atoms with Crippen LogP contribution in [0.15, 0.2) is 6.07 Å². The van der Waals surface area contributed by atoms with E-state index in [0.717, 1.165) is 30.5 Å². The van der Waals surface area contributed by atoms with E-state index in [1.807, 2.05) is 0 Å². The molecule has 3 N–H and O–H groups in total. The minimum Gasteiger partial charge on any atom is -0.355 e. The van der Waals surface area contributed by atoms with E-state index < -0.39 is 11.9 Å². The van der Waals surface area contributed by atoms with E-state index in [2.05, 4.69) is 4.98 Å². The number of nitrogens with two attached hydrogens (primary N) is 1. The Bertz CT molecular complexity index is 368. The minimum atomic E-state index is -4.26. The summed E-state index contributed by atoms with van der Waals surface area (Å²) < 4.78 is 37.4. The van der Waals surface area contributed by atoms with Crippen LogP contribution in [0.4, 0.5) is 13.2 Å². The Kier molecular flexibility index (Phi) is 2.97. The Morgan fingerprint density at radius 3 is 2.81 bits per heavy atom. The van der Waals surface area contributed by atoms with Gasteiger partial charge in [-0.05, 0) is 49.8 Å². The lowest BCUT2D eigenvalue weighted by Crippen LogP contribution is -2.17. The fraction of sp³-hybridized carbons (Fsp3) is 0.636. The summed E-state index contributed by atoms with van der Waals surface area (Å²) in [6.07, 6.45) is -1.00. The molecule has 90 valence electrons. The van der Waals surface area contributed by atoms with E-state index in [0.29, 0.717) is 18.9 Å². The van der Waals surface area contributed by atoms with Gasteiger partial charge in [-0.1, -0.05) is 0 Å². The van der Waals surface area contributed by atoms with Crippen LogP contribution in [-0.4, -0.2) is 11.5 Å². The maximum Gasteiger partial charge on any atom is 0.431 e. The largest absolute Gasteiger partial charge is 0.431 e. The SMILES string of the molecule is NCCC1CCc2cc(C(F)(F)F)[nH]c2C1. The number of alkyl halides is 3. The third-order valence-electron chi connectivity index (χ3n) is 3.19.